The Bertz CT molecular complexity index is 1510. The first-order valence-corrected chi connectivity index (χ1v) is 21.1. The van der Waals surface area contributed by atoms with Crippen molar-refractivity contribution in [1.82, 2.24) is 26.1 Å². The Hall–Kier alpha value is -3.36. The van der Waals surface area contributed by atoms with Crippen LogP contribution in [0, 0.1) is 5.41 Å². The van der Waals surface area contributed by atoms with Gasteiger partial charge in [0.05, 0.1) is 31.8 Å². The van der Waals surface area contributed by atoms with Crippen molar-refractivity contribution in [3.05, 3.63) is 29.8 Å². The number of sulfone groups is 1. The summed E-state index contributed by atoms with van der Waals surface area (Å²) in [5.41, 5.74) is 0.393. The van der Waals surface area contributed by atoms with Crippen molar-refractivity contribution in [3.63, 3.8) is 0 Å². The molecule has 1 heterocycles. The molecule has 3 saturated carbocycles. The second-order valence-corrected chi connectivity index (χ2v) is 16.5. The topological polar surface area (TPSA) is 179 Å². The number of nitrogens with zero attached hydrogens (tertiary/aromatic N) is 2. The molecule has 0 unspecified atom stereocenters. The molecule has 13 nitrogen and oxygen atoms in total. The van der Waals surface area contributed by atoms with E-state index in [1.165, 1.54) is 70.6 Å². The molecular weight excluding hydrogens is 687 g/mol. The predicted octanol–water partition coefficient (Wildman–Crippen LogP) is 5.54. The summed E-state index contributed by atoms with van der Waals surface area (Å²) < 4.78 is 39.3. The zero-order valence-electron chi connectivity index (χ0n) is 31.1. The SMILES string of the molecule is CCCCCCCCCCCCCCCC(=O)NC12CC(C(=O)NCCOCCOCCNC(=O)c3ccc(-c4nnc(S(C)(=O)=O)o4)cc3)(C1)C2. The van der Waals surface area contributed by atoms with Gasteiger partial charge in [0.15, 0.2) is 0 Å². The van der Waals surface area contributed by atoms with Crippen LogP contribution in [0.3, 0.4) is 0 Å². The summed E-state index contributed by atoms with van der Waals surface area (Å²) in [6, 6.07) is 6.35. The minimum Gasteiger partial charge on any atom is -0.408 e. The Morgan fingerprint density at radius 1 is 0.750 bits per heavy atom. The number of benzene rings is 1. The molecule has 0 aliphatic heterocycles. The lowest BCUT2D eigenvalue weighted by Crippen LogP contribution is -2.78. The fourth-order valence-corrected chi connectivity index (χ4v) is 7.57. The van der Waals surface area contributed by atoms with Crippen LogP contribution in [0.1, 0.15) is 126 Å². The molecular formula is C38H59N5O8S. The van der Waals surface area contributed by atoms with Crippen molar-refractivity contribution in [2.45, 2.75) is 127 Å². The van der Waals surface area contributed by atoms with E-state index in [1.54, 1.807) is 24.3 Å². The molecule has 0 spiro atoms. The molecule has 3 amide bonds. The van der Waals surface area contributed by atoms with Crippen LogP contribution in [-0.4, -0.2) is 87.6 Å². The first-order valence-electron chi connectivity index (χ1n) is 19.2. The molecule has 290 valence electrons. The highest BCUT2D eigenvalue weighted by Crippen LogP contribution is 2.67. The summed E-state index contributed by atoms with van der Waals surface area (Å²) in [4.78, 5) is 37.6. The highest BCUT2D eigenvalue weighted by Gasteiger charge is 2.72. The Morgan fingerprint density at radius 3 is 1.83 bits per heavy atom. The Labute approximate surface area is 309 Å². The number of rotatable bonds is 28. The third kappa shape index (κ3) is 12.9. The van der Waals surface area contributed by atoms with Gasteiger partial charge in [0.2, 0.25) is 27.5 Å². The van der Waals surface area contributed by atoms with E-state index in [1.807, 2.05) is 0 Å². The van der Waals surface area contributed by atoms with Crippen LogP contribution < -0.4 is 16.0 Å². The lowest BCUT2D eigenvalue weighted by Gasteiger charge is -2.69. The fourth-order valence-electron chi connectivity index (χ4n) is 7.15. The van der Waals surface area contributed by atoms with Crippen LogP contribution in [0.5, 0.6) is 0 Å². The molecule has 0 saturated heterocycles. The van der Waals surface area contributed by atoms with Crippen LogP contribution in [-0.2, 0) is 28.9 Å². The number of nitrogens with one attached hydrogen (secondary N) is 3. The van der Waals surface area contributed by atoms with Crippen LogP contribution >= 0.6 is 0 Å². The summed E-state index contributed by atoms with van der Waals surface area (Å²) in [7, 11) is -3.60. The number of hydrogen-bond acceptors (Lipinski definition) is 10. The molecule has 1 aromatic carbocycles. The molecule has 5 rings (SSSR count). The summed E-state index contributed by atoms with van der Waals surface area (Å²) in [6.45, 7) is 4.37. The smallest absolute Gasteiger partial charge is 0.335 e. The number of ether oxygens (including phenoxy) is 2. The molecule has 2 aromatic rings. The van der Waals surface area contributed by atoms with Crippen LogP contribution in [0.15, 0.2) is 33.9 Å². The summed E-state index contributed by atoms with van der Waals surface area (Å²) in [5.74, 6) is -0.0748. The van der Waals surface area contributed by atoms with Gasteiger partial charge in [-0.25, -0.2) is 8.42 Å². The van der Waals surface area contributed by atoms with Crippen molar-refractivity contribution in [2.24, 2.45) is 5.41 Å². The van der Waals surface area contributed by atoms with Gasteiger partial charge in [-0.05, 0) is 49.9 Å². The number of carbonyl (C=O) groups is 3. The Morgan fingerprint density at radius 2 is 1.29 bits per heavy atom. The zero-order chi connectivity index (χ0) is 37.3. The highest BCUT2D eigenvalue weighted by atomic mass is 32.2. The van der Waals surface area contributed by atoms with Gasteiger partial charge in [-0.3, -0.25) is 14.4 Å². The Balaban J connectivity index is 0.925. The van der Waals surface area contributed by atoms with E-state index in [9.17, 15) is 22.8 Å². The van der Waals surface area contributed by atoms with E-state index in [4.69, 9.17) is 13.9 Å². The maximum Gasteiger partial charge on any atom is 0.335 e. The van der Waals surface area contributed by atoms with E-state index in [-0.39, 0.29) is 34.6 Å². The quantitative estimate of drug-likeness (QED) is 0.0937. The molecule has 14 heteroatoms. The van der Waals surface area contributed by atoms with Crippen molar-refractivity contribution in [1.29, 1.82) is 0 Å². The molecule has 0 radical (unpaired) electrons. The van der Waals surface area contributed by atoms with Gasteiger partial charge in [0.25, 0.3) is 5.91 Å². The van der Waals surface area contributed by atoms with Gasteiger partial charge in [0.1, 0.15) is 0 Å². The molecule has 3 N–H and O–H groups in total. The molecule has 1 aromatic heterocycles. The van der Waals surface area contributed by atoms with Gasteiger partial charge in [-0.15, -0.1) is 5.10 Å². The lowest BCUT2D eigenvalue weighted by molar-refractivity contribution is -0.183. The van der Waals surface area contributed by atoms with Gasteiger partial charge < -0.3 is 29.8 Å². The number of aromatic nitrogens is 2. The monoisotopic (exact) mass is 745 g/mol. The first-order chi connectivity index (χ1) is 25.1. The number of unbranched alkanes of at least 4 members (excludes halogenated alkanes) is 12. The van der Waals surface area contributed by atoms with Crippen LogP contribution in [0.2, 0.25) is 0 Å². The van der Waals surface area contributed by atoms with E-state index >= 15 is 0 Å². The second kappa shape index (κ2) is 20.8. The molecule has 3 aliphatic rings. The molecule has 3 fully saturated rings. The number of hydrogen-bond donors (Lipinski definition) is 3. The number of amides is 3. The maximum absolute atomic E-state index is 12.7. The van der Waals surface area contributed by atoms with Crippen molar-refractivity contribution in [2.75, 3.05) is 45.8 Å². The molecule has 3 aliphatic carbocycles. The summed E-state index contributed by atoms with van der Waals surface area (Å²) >= 11 is 0. The fraction of sp³-hybridized carbons (Fsp3) is 0.711. The average Bonchev–Trinajstić information content (AvgIpc) is 3.60. The van der Waals surface area contributed by atoms with Gasteiger partial charge >= 0.3 is 5.22 Å². The van der Waals surface area contributed by atoms with Gasteiger partial charge in [-0.1, -0.05) is 89.1 Å². The maximum atomic E-state index is 12.7. The highest BCUT2D eigenvalue weighted by molar-refractivity contribution is 7.90. The van der Waals surface area contributed by atoms with E-state index < -0.39 is 15.1 Å². The van der Waals surface area contributed by atoms with E-state index in [0.29, 0.717) is 57.1 Å². The van der Waals surface area contributed by atoms with Gasteiger partial charge in [-0.2, -0.15) is 0 Å². The average molecular weight is 746 g/mol. The minimum atomic E-state index is -3.60. The van der Waals surface area contributed by atoms with Crippen molar-refractivity contribution < 1.29 is 36.7 Å². The summed E-state index contributed by atoms with van der Waals surface area (Å²) in [6.07, 6.45) is 20.5. The van der Waals surface area contributed by atoms with Crippen LogP contribution in [0.25, 0.3) is 11.5 Å². The molecule has 52 heavy (non-hydrogen) atoms. The lowest BCUT2D eigenvalue weighted by atomic mass is 9.39. The van der Waals surface area contributed by atoms with Crippen molar-refractivity contribution in [3.8, 4) is 11.5 Å². The largest absolute Gasteiger partial charge is 0.408 e. The summed E-state index contributed by atoms with van der Waals surface area (Å²) in [5, 5.41) is 15.7. The first kappa shape index (κ1) is 41.4. The standard InChI is InChI=1S/C38H59N5O8S/c1-3-4-5-6-7-8-9-10-11-12-13-14-15-16-32(44)41-38-27-37(28-38,29-38)35(46)40-22-24-50-26-25-49-23-21-39-33(45)30-17-19-31(20-18-30)34-42-43-36(51-34)52(2,47)48/h17-20H,3-16,21-29H2,1-2H3,(H,39,45)(H,40,46)(H,41,44). The minimum absolute atomic E-state index is 0.0427. The predicted molar refractivity (Wildman–Crippen MR) is 197 cm³/mol. The van der Waals surface area contributed by atoms with Gasteiger partial charge in [0, 0.05) is 42.4 Å². The normalized spacial score (nSPS) is 19.0. The van der Waals surface area contributed by atoms with E-state index in [2.05, 4.69) is 33.1 Å². The number of carbonyl (C=O) groups excluding carboxylic acids is 3. The van der Waals surface area contributed by atoms with Crippen molar-refractivity contribution >= 4 is 27.6 Å². The third-order valence-corrected chi connectivity index (χ3v) is 10.8. The second-order valence-electron chi connectivity index (χ2n) is 14.6. The van der Waals surface area contributed by atoms with Crippen LogP contribution in [0.4, 0.5) is 0 Å². The third-order valence-electron chi connectivity index (χ3n) is 9.98. The molecule has 2 bridgehead atoms. The molecule has 0 atom stereocenters. The zero-order valence-corrected chi connectivity index (χ0v) is 32.0. The van der Waals surface area contributed by atoms with E-state index in [0.717, 1.165) is 38.4 Å². The Kier molecular flexibility index (Phi) is 16.5.